The summed E-state index contributed by atoms with van der Waals surface area (Å²) in [5, 5.41) is 9.82. The molecule has 3 aromatic carbocycles. The van der Waals surface area contributed by atoms with Gasteiger partial charge in [-0.2, -0.15) is 10.2 Å². The Labute approximate surface area is 207 Å². The van der Waals surface area contributed by atoms with Crippen molar-refractivity contribution in [3.05, 3.63) is 110 Å². The highest BCUT2D eigenvalue weighted by Gasteiger charge is 2.14. The number of nitrogens with one attached hydrogen (secondary N) is 1. The summed E-state index contributed by atoms with van der Waals surface area (Å²) >= 11 is 6.00. The fourth-order valence-corrected chi connectivity index (χ4v) is 3.84. The zero-order valence-electron chi connectivity index (χ0n) is 18.4. The quantitative estimate of drug-likeness (QED) is 0.287. The van der Waals surface area contributed by atoms with Crippen molar-refractivity contribution in [2.75, 3.05) is 0 Å². The molecule has 0 atom stereocenters. The minimum absolute atomic E-state index is 0.0134. The molecular formula is C26H16ClFN4O4. The standard InChI is InChI=1S/C26H16ClFN4O4/c27-17-7-5-15(6-8-17)24-19-3-1-2-4-20(19)26(35)32(31-24)13-23(33)30-29-12-16-14-36-22-10-9-18(28)11-21(22)25(16)34/h1-12,14H,13H2,(H,30,33)/b29-12+. The molecule has 2 heterocycles. The lowest BCUT2D eigenvalue weighted by molar-refractivity contribution is -0.121. The number of nitrogens with zero attached hydrogens (tertiary/aromatic N) is 3. The minimum Gasteiger partial charge on any atom is -0.463 e. The predicted octanol–water partition coefficient (Wildman–Crippen LogP) is 4.11. The van der Waals surface area contributed by atoms with Crippen molar-refractivity contribution in [2.45, 2.75) is 6.54 Å². The van der Waals surface area contributed by atoms with E-state index in [0.717, 1.165) is 28.8 Å². The van der Waals surface area contributed by atoms with E-state index in [2.05, 4.69) is 15.6 Å². The Balaban J connectivity index is 1.41. The average molecular weight is 503 g/mol. The van der Waals surface area contributed by atoms with Gasteiger partial charge in [0.2, 0.25) is 5.43 Å². The van der Waals surface area contributed by atoms with Gasteiger partial charge in [-0.05, 0) is 36.4 Å². The van der Waals surface area contributed by atoms with Gasteiger partial charge in [-0.3, -0.25) is 14.4 Å². The number of hydrazone groups is 1. The van der Waals surface area contributed by atoms with E-state index < -0.39 is 29.3 Å². The highest BCUT2D eigenvalue weighted by Crippen LogP contribution is 2.25. The van der Waals surface area contributed by atoms with Crippen LogP contribution in [-0.4, -0.2) is 21.9 Å². The van der Waals surface area contributed by atoms with Crippen LogP contribution in [0, 0.1) is 5.82 Å². The molecule has 0 spiro atoms. The molecule has 1 amide bonds. The van der Waals surface area contributed by atoms with E-state index in [-0.39, 0.29) is 16.5 Å². The zero-order valence-corrected chi connectivity index (χ0v) is 19.2. The number of hydrogen-bond donors (Lipinski definition) is 1. The third-order valence-corrected chi connectivity index (χ3v) is 5.68. The molecule has 0 saturated heterocycles. The van der Waals surface area contributed by atoms with Crippen LogP contribution in [0.2, 0.25) is 5.02 Å². The lowest BCUT2D eigenvalue weighted by atomic mass is 10.1. The number of carbonyl (C=O) groups excluding carboxylic acids is 1. The average Bonchev–Trinajstić information content (AvgIpc) is 2.88. The number of carbonyl (C=O) groups is 1. The van der Waals surface area contributed by atoms with Crippen molar-refractivity contribution in [2.24, 2.45) is 5.10 Å². The Morgan fingerprint density at radius 1 is 1.06 bits per heavy atom. The van der Waals surface area contributed by atoms with E-state index in [1.807, 2.05) is 0 Å². The van der Waals surface area contributed by atoms with Crippen LogP contribution in [0.3, 0.4) is 0 Å². The SMILES string of the molecule is O=C(Cn1nc(-c2ccc(Cl)cc2)c2ccccc2c1=O)N/N=C/c1coc2ccc(F)cc2c1=O. The lowest BCUT2D eigenvalue weighted by Crippen LogP contribution is -2.32. The first-order valence-electron chi connectivity index (χ1n) is 10.7. The summed E-state index contributed by atoms with van der Waals surface area (Å²) in [5.74, 6) is -1.22. The maximum absolute atomic E-state index is 13.5. The Kier molecular flexibility index (Phi) is 6.14. The zero-order chi connectivity index (χ0) is 25.2. The van der Waals surface area contributed by atoms with Gasteiger partial charge in [0.05, 0.1) is 28.2 Å². The van der Waals surface area contributed by atoms with Crippen molar-refractivity contribution in [1.29, 1.82) is 0 Å². The molecule has 8 nitrogen and oxygen atoms in total. The third-order valence-electron chi connectivity index (χ3n) is 5.43. The summed E-state index contributed by atoms with van der Waals surface area (Å²) < 4.78 is 19.8. The van der Waals surface area contributed by atoms with Crippen molar-refractivity contribution in [1.82, 2.24) is 15.2 Å². The molecule has 0 aliphatic rings. The smallest absolute Gasteiger partial charge is 0.275 e. The summed E-state index contributed by atoms with van der Waals surface area (Å²) in [6.07, 6.45) is 2.25. The fourth-order valence-electron chi connectivity index (χ4n) is 3.72. The van der Waals surface area contributed by atoms with Crippen LogP contribution in [-0.2, 0) is 11.3 Å². The molecule has 0 fully saturated rings. The number of halogens is 2. The first kappa shape index (κ1) is 23.1. The van der Waals surface area contributed by atoms with Gasteiger partial charge < -0.3 is 4.42 Å². The maximum Gasteiger partial charge on any atom is 0.275 e. The monoisotopic (exact) mass is 502 g/mol. The Morgan fingerprint density at radius 2 is 1.81 bits per heavy atom. The molecule has 0 bridgehead atoms. The van der Waals surface area contributed by atoms with Crippen LogP contribution in [0.15, 0.2) is 92.1 Å². The van der Waals surface area contributed by atoms with E-state index in [9.17, 15) is 18.8 Å². The van der Waals surface area contributed by atoms with Gasteiger partial charge in [0, 0.05) is 16.0 Å². The Bertz CT molecular complexity index is 1780. The van der Waals surface area contributed by atoms with Crippen LogP contribution in [0.4, 0.5) is 4.39 Å². The van der Waals surface area contributed by atoms with Gasteiger partial charge in [-0.1, -0.05) is 41.9 Å². The Morgan fingerprint density at radius 3 is 2.58 bits per heavy atom. The summed E-state index contributed by atoms with van der Waals surface area (Å²) in [6, 6.07) is 17.5. The second kappa shape index (κ2) is 9.55. The minimum atomic E-state index is -0.644. The molecule has 5 aromatic rings. The van der Waals surface area contributed by atoms with E-state index in [1.54, 1.807) is 48.5 Å². The summed E-state index contributed by atoms with van der Waals surface area (Å²) in [5.41, 5.74) is 2.79. The van der Waals surface area contributed by atoms with Crippen LogP contribution in [0.25, 0.3) is 33.0 Å². The molecule has 0 saturated carbocycles. The highest BCUT2D eigenvalue weighted by atomic mass is 35.5. The number of hydrogen-bond acceptors (Lipinski definition) is 6. The van der Waals surface area contributed by atoms with E-state index in [0.29, 0.717) is 21.5 Å². The largest absolute Gasteiger partial charge is 0.463 e. The van der Waals surface area contributed by atoms with Crippen molar-refractivity contribution in [3.8, 4) is 11.3 Å². The van der Waals surface area contributed by atoms with Crippen LogP contribution in [0.1, 0.15) is 5.56 Å². The van der Waals surface area contributed by atoms with Gasteiger partial charge in [0.15, 0.2) is 0 Å². The molecule has 1 N–H and O–H groups in total. The molecule has 36 heavy (non-hydrogen) atoms. The molecule has 2 aromatic heterocycles. The first-order valence-corrected chi connectivity index (χ1v) is 11.1. The topological polar surface area (TPSA) is 107 Å². The second-order valence-electron chi connectivity index (χ2n) is 7.82. The van der Waals surface area contributed by atoms with E-state index in [1.165, 1.54) is 12.1 Å². The maximum atomic E-state index is 13.5. The van der Waals surface area contributed by atoms with Gasteiger partial charge in [0.1, 0.15) is 24.2 Å². The van der Waals surface area contributed by atoms with Gasteiger partial charge in [-0.25, -0.2) is 14.5 Å². The summed E-state index contributed by atoms with van der Waals surface area (Å²) in [7, 11) is 0. The van der Waals surface area contributed by atoms with Crippen molar-refractivity contribution in [3.63, 3.8) is 0 Å². The molecule has 5 rings (SSSR count). The molecule has 0 unspecified atom stereocenters. The number of fused-ring (bicyclic) bond motifs is 2. The lowest BCUT2D eigenvalue weighted by Gasteiger charge is -2.11. The van der Waals surface area contributed by atoms with E-state index >= 15 is 0 Å². The molecular weight excluding hydrogens is 487 g/mol. The first-order chi connectivity index (χ1) is 17.4. The normalized spacial score (nSPS) is 11.4. The summed E-state index contributed by atoms with van der Waals surface area (Å²) in [4.78, 5) is 38.0. The highest BCUT2D eigenvalue weighted by molar-refractivity contribution is 6.30. The van der Waals surface area contributed by atoms with Crippen LogP contribution < -0.4 is 16.4 Å². The molecule has 10 heteroatoms. The third kappa shape index (κ3) is 4.51. The molecule has 0 aliphatic carbocycles. The van der Waals surface area contributed by atoms with Gasteiger partial charge >= 0.3 is 0 Å². The number of benzene rings is 3. The molecule has 0 radical (unpaired) electrons. The number of aromatic nitrogens is 2. The molecule has 178 valence electrons. The van der Waals surface area contributed by atoms with Gasteiger partial charge in [0.25, 0.3) is 11.5 Å². The van der Waals surface area contributed by atoms with Crippen LogP contribution in [0.5, 0.6) is 0 Å². The Hall–Kier alpha value is -4.63. The number of amides is 1. The molecule has 0 aliphatic heterocycles. The summed E-state index contributed by atoms with van der Waals surface area (Å²) in [6.45, 7) is -0.418. The van der Waals surface area contributed by atoms with E-state index in [4.69, 9.17) is 16.0 Å². The number of rotatable bonds is 5. The van der Waals surface area contributed by atoms with Crippen LogP contribution >= 0.6 is 11.6 Å². The fraction of sp³-hybridized carbons (Fsp3) is 0.0385. The second-order valence-corrected chi connectivity index (χ2v) is 8.25. The van der Waals surface area contributed by atoms with Crippen molar-refractivity contribution < 1.29 is 13.6 Å². The van der Waals surface area contributed by atoms with Gasteiger partial charge in [-0.15, -0.1) is 0 Å². The van der Waals surface area contributed by atoms with Crippen molar-refractivity contribution >= 4 is 45.5 Å². The predicted molar refractivity (Wildman–Crippen MR) is 135 cm³/mol.